The normalized spacial score (nSPS) is 12.0. The summed E-state index contributed by atoms with van der Waals surface area (Å²) < 4.78 is 53.2. The van der Waals surface area contributed by atoms with Gasteiger partial charge in [0.15, 0.2) is 0 Å². The van der Waals surface area contributed by atoms with E-state index in [0.29, 0.717) is 0 Å². The van der Waals surface area contributed by atoms with Crippen molar-refractivity contribution in [2.45, 2.75) is 4.90 Å². The Morgan fingerprint density at radius 2 is 1.25 bits per heavy atom. The smallest absolute Gasteiger partial charge is 0.260 e. The summed E-state index contributed by atoms with van der Waals surface area (Å²) in [4.78, 5) is -0.238. The molecule has 20 heavy (non-hydrogen) atoms. The van der Waals surface area contributed by atoms with Crippen molar-refractivity contribution in [1.29, 1.82) is 0 Å². The van der Waals surface area contributed by atoms with Gasteiger partial charge in [-0.1, -0.05) is 36.4 Å². The third-order valence-corrected chi connectivity index (χ3v) is 5.00. The molecule has 2 aromatic carbocycles. The number of rotatable bonds is 5. The topological polar surface area (TPSA) is 89.5 Å². The first-order valence-electron chi connectivity index (χ1n) is 5.48. The Balaban J connectivity index is 2.21. The second-order valence-electron chi connectivity index (χ2n) is 3.76. The first kappa shape index (κ1) is 14.5. The molecule has 0 saturated heterocycles. The second-order valence-corrected chi connectivity index (χ2v) is 6.79. The third-order valence-electron chi connectivity index (χ3n) is 2.23. The first-order chi connectivity index (χ1) is 9.39. The summed E-state index contributed by atoms with van der Waals surface area (Å²) in [5.41, 5.74) is 0.204. The van der Waals surface area contributed by atoms with Crippen LogP contribution >= 0.6 is 0 Å². The Labute approximate surface area is 117 Å². The molecule has 0 aliphatic rings. The van der Waals surface area contributed by atoms with Crippen molar-refractivity contribution in [3.63, 3.8) is 0 Å². The Kier molecular flexibility index (Phi) is 4.07. The average Bonchev–Trinajstić information content (AvgIpc) is 2.39. The number of nitrogens with one attached hydrogen (secondary N) is 1. The van der Waals surface area contributed by atoms with Crippen LogP contribution in [0.25, 0.3) is 0 Å². The Morgan fingerprint density at radius 1 is 0.750 bits per heavy atom. The van der Waals surface area contributed by atoms with Gasteiger partial charge in [0, 0.05) is 0 Å². The van der Waals surface area contributed by atoms with Crippen LogP contribution in [0.4, 0.5) is 5.69 Å². The molecule has 106 valence electrons. The lowest BCUT2D eigenvalue weighted by molar-refractivity contribution is 0.466. The highest BCUT2D eigenvalue weighted by molar-refractivity contribution is 8.00. The molecule has 8 heteroatoms. The molecule has 6 nitrogen and oxygen atoms in total. The van der Waals surface area contributed by atoms with E-state index >= 15 is 0 Å². The molecule has 1 N–H and O–H groups in total. The van der Waals surface area contributed by atoms with Crippen molar-refractivity contribution in [3.8, 4) is 0 Å². The van der Waals surface area contributed by atoms with Crippen LogP contribution in [0.3, 0.4) is 0 Å². The highest BCUT2D eigenvalue weighted by atomic mass is 32.3. The lowest BCUT2D eigenvalue weighted by atomic mass is 10.3. The van der Waals surface area contributed by atoms with Crippen LogP contribution in [0, 0.1) is 0 Å². The van der Waals surface area contributed by atoms with E-state index in [-0.39, 0.29) is 10.6 Å². The van der Waals surface area contributed by atoms with Crippen LogP contribution in [0.5, 0.6) is 0 Å². The van der Waals surface area contributed by atoms with Gasteiger partial charge in [0.2, 0.25) is 0 Å². The van der Waals surface area contributed by atoms with Gasteiger partial charge >= 0.3 is 20.4 Å². The zero-order valence-electron chi connectivity index (χ0n) is 10.1. The lowest BCUT2D eigenvalue weighted by Gasteiger charge is -2.08. The first-order valence-corrected chi connectivity index (χ1v) is 8.30. The van der Waals surface area contributed by atoms with E-state index in [1.54, 1.807) is 24.3 Å². The molecule has 0 amide bonds. The molecule has 0 unspecified atom stereocenters. The summed E-state index contributed by atoms with van der Waals surface area (Å²) in [7, 11) is -8.87. The van der Waals surface area contributed by atoms with E-state index in [9.17, 15) is 16.8 Å². The summed E-state index contributed by atoms with van der Waals surface area (Å²) in [6.45, 7) is 0. The number of para-hydroxylation sites is 1. The summed E-state index contributed by atoms with van der Waals surface area (Å²) in [6, 6.07) is 14.9. The van der Waals surface area contributed by atoms with Gasteiger partial charge in [-0.3, -0.25) is 4.72 Å². The second kappa shape index (κ2) is 5.61. The predicted octanol–water partition coefficient (Wildman–Crippen LogP) is 1.75. The average molecular weight is 313 g/mol. The van der Waals surface area contributed by atoms with Crippen LogP contribution in [-0.2, 0) is 24.1 Å². The minimum atomic E-state index is -4.48. The van der Waals surface area contributed by atoms with Gasteiger partial charge in [-0.2, -0.15) is 16.8 Å². The molecule has 2 aromatic rings. The molecule has 0 aliphatic carbocycles. The van der Waals surface area contributed by atoms with Gasteiger partial charge < -0.3 is 0 Å². The van der Waals surface area contributed by atoms with Crippen molar-refractivity contribution in [2.24, 2.45) is 0 Å². The molecule has 0 bridgehead atoms. The van der Waals surface area contributed by atoms with Crippen molar-refractivity contribution in [1.82, 2.24) is 0 Å². The maximum atomic E-state index is 11.8. The predicted molar refractivity (Wildman–Crippen MR) is 73.7 cm³/mol. The summed E-state index contributed by atoms with van der Waals surface area (Å²) in [5, 5.41) is 0. The molecular weight excluding hydrogens is 302 g/mol. The molecule has 0 heterocycles. The van der Waals surface area contributed by atoms with E-state index in [2.05, 4.69) is 3.63 Å². The van der Waals surface area contributed by atoms with Gasteiger partial charge in [-0.15, -0.1) is 3.63 Å². The molecule has 0 fully saturated rings. The Bertz CT molecular complexity index is 771. The maximum Gasteiger partial charge on any atom is 0.374 e. The fourth-order valence-electron chi connectivity index (χ4n) is 1.41. The highest BCUT2D eigenvalue weighted by Crippen LogP contribution is 2.16. The summed E-state index contributed by atoms with van der Waals surface area (Å²) >= 11 is 0. The van der Waals surface area contributed by atoms with E-state index in [0.717, 1.165) is 0 Å². The van der Waals surface area contributed by atoms with Crippen LogP contribution < -0.4 is 4.72 Å². The van der Waals surface area contributed by atoms with Crippen LogP contribution in [0.1, 0.15) is 0 Å². The number of hydrogen-bond acceptors (Lipinski definition) is 5. The van der Waals surface area contributed by atoms with Crippen molar-refractivity contribution >= 4 is 26.1 Å². The molecule has 2 rings (SSSR count). The largest absolute Gasteiger partial charge is 0.374 e. The van der Waals surface area contributed by atoms with Crippen molar-refractivity contribution in [3.05, 3.63) is 60.7 Å². The van der Waals surface area contributed by atoms with Gasteiger partial charge in [0.1, 0.15) is 0 Å². The fourth-order valence-corrected chi connectivity index (χ4v) is 3.72. The Hall–Kier alpha value is -1.90. The summed E-state index contributed by atoms with van der Waals surface area (Å²) in [6.07, 6.45) is 0. The lowest BCUT2D eigenvalue weighted by Crippen LogP contribution is -2.20. The molecule has 0 spiro atoms. The molecule has 0 atom stereocenters. The summed E-state index contributed by atoms with van der Waals surface area (Å²) in [5.74, 6) is 0. The van der Waals surface area contributed by atoms with E-state index < -0.39 is 20.4 Å². The SMILES string of the molecule is O=S(=O)(Nc1ccccc1)OS(=O)(=O)c1ccccc1. The van der Waals surface area contributed by atoms with Crippen LogP contribution in [-0.4, -0.2) is 16.8 Å². The monoisotopic (exact) mass is 313 g/mol. The molecule has 0 radical (unpaired) electrons. The van der Waals surface area contributed by atoms with E-state index in [1.807, 2.05) is 4.72 Å². The van der Waals surface area contributed by atoms with E-state index in [1.165, 1.54) is 36.4 Å². The van der Waals surface area contributed by atoms with Gasteiger partial charge in [-0.05, 0) is 24.3 Å². The van der Waals surface area contributed by atoms with Crippen LogP contribution in [0.2, 0.25) is 0 Å². The van der Waals surface area contributed by atoms with Gasteiger partial charge in [-0.25, -0.2) is 0 Å². The van der Waals surface area contributed by atoms with Crippen molar-refractivity contribution in [2.75, 3.05) is 4.72 Å². The zero-order valence-corrected chi connectivity index (χ0v) is 11.8. The Morgan fingerprint density at radius 3 is 1.80 bits per heavy atom. The molecular formula is C12H11NO5S2. The molecule has 0 aromatic heterocycles. The maximum absolute atomic E-state index is 11.8. The van der Waals surface area contributed by atoms with Gasteiger partial charge in [0.25, 0.3) is 0 Å². The minimum absolute atomic E-state index is 0.204. The van der Waals surface area contributed by atoms with E-state index in [4.69, 9.17) is 0 Å². The standard InChI is InChI=1S/C12H11NO5S2/c14-19(15,12-9-5-2-6-10-12)18-20(16,17)13-11-7-3-1-4-8-11/h1-10,13H. The minimum Gasteiger partial charge on any atom is -0.260 e. The third kappa shape index (κ3) is 3.80. The van der Waals surface area contributed by atoms with Gasteiger partial charge in [0.05, 0.1) is 10.6 Å². The highest BCUT2D eigenvalue weighted by Gasteiger charge is 2.24. The number of benzene rings is 2. The number of hydrogen-bond donors (Lipinski definition) is 1. The number of anilines is 1. The fraction of sp³-hybridized carbons (Fsp3) is 0. The molecule has 0 aliphatic heterocycles. The van der Waals surface area contributed by atoms with Crippen molar-refractivity contribution < 1.29 is 20.5 Å². The quantitative estimate of drug-likeness (QED) is 0.908. The molecule has 0 saturated carbocycles. The van der Waals surface area contributed by atoms with Crippen LogP contribution in [0.15, 0.2) is 65.6 Å². The zero-order chi connectivity index (χ0) is 14.6.